The maximum Gasteiger partial charge on any atom is 0.227 e. The van der Waals surface area contributed by atoms with Crippen LogP contribution in [0.1, 0.15) is 18.6 Å². The van der Waals surface area contributed by atoms with Gasteiger partial charge in [-0.3, -0.25) is 0 Å². The molecule has 0 amide bonds. The van der Waals surface area contributed by atoms with E-state index in [2.05, 4.69) is 265 Å². The summed E-state index contributed by atoms with van der Waals surface area (Å²) in [5.41, 5.74) is 16.2. The van der Waals surface area contributed by atoms with Gasteiger partial charge in [-0.15, -0.1) is 22.7 Å². The molecule has 20 rings (SSSR count). The molecule has 4 heterocycles. The van der Waals surface area contributed by atoms with Gasteiger partial charge in [0.05, 0.1) is 0 Å². The van der Waals surface area contributed by atoms with Crippen molar-refractivity contribution in [1.29, 1.82) is 0 Å². The van der Waals surface area contributed by atoms with Crippen molar-refractivity contribution in [1.82, 2.24) is 9.97 Å². The standard InChI is InChI=1S/C45H28N2OS.C25H18S.C21H12ClNO.CH4/c1-3-9-29(10-4-1)30-17-21-34(22-18-30)47(36-24-25-38-37-13-7-8-14-41(37)49-42(38)28-36)35-23-19-31-15-16-32-20-26-40-44(43(32)39(31)27-35)48-45(46-40)33-11-5-2-6-12-33;1-2-6-20(7-3-1)21-13-10-18(11-14-21)16-19-12-15-23-22-8-4-5-9-24(22)26-25(23)17-19;22-16-10-8-13-6-7-14-9-11-18-20(19(14)17(13)12-16)24-21(23-18)15-4-2-1-3-5-15;/h1-28H;1-15,17H,16H2;1-12H;1H4. The van der Waals surface area contributed by atoms with Crippen molar-refractivity contribution in [3.63, 3.8) is 0 Å². The van der Waals surface area contributed by atoms with Crippen LogP contribution in [0.2, 0.25) is 5.02 Å². The Morgan fingerprint density at radius 3 is 1.22 bits per heavy atom. The summed E-state index contributed by atoms with van der Waals surface area (Å²) in [5.74, 6) is 1.27. The second-order valence-electron chi connectivity index (χ2n) is 24.9. The molecule has 0 spiro atoms. The summed E-state index contributed by atoms with van der Waals surface area (Å²) in [4.78, 5) is 11.9. The molecule has 16 aromatic carbocycles. The van der Waals surface area contributed by atoms with Crippen molar-refractivity contribution in [2.24, 2.45) is 0 Å². The van der Waals surface area contributed by atoms with Gasteiger partial charge in [0.15, 0.2) is 11.2 Å². The predicted octanol–water partition coefficient (Wildman–Crippen LogP) is 27.7. The Labute approximate surface area is 591 Å². The van der Waals surface area contributed by atoms with Gasteiger partial charge in [-0.25, -0.2) is 9.97 Å². The number of nitrogens with zero attached hydrogens (tertiary/aromatic N) is 3. The van der Waals surface area contributed by atoms with E-state index in [1.54, 1.807) is 0 Å². The highest BCUT2D eigenvalue weighted by molar-refractivity contribution is 7.26. The van der Waals surface area contributed by atoms with Crippen molar-refractivity contribution in [2.75, 3.05) is 4.90 Å². The number of halogens is 1. The van der Waals surface area contributed by atoms with Gasteiger partial charge in [-0.1, -0.05) is 256 Å². The maximum absolute atomic E-state index is 6.55. The fraction of sp³-hybridized carbons (Fsp3) is 0.0217. The third kappa shape index (κ3) is 11.8. The number of anilines is 3. The first-order valence-electron chi connectivity index (χ1n) is 33.1. The second kappa shape index (κ2) is 26.5. The molecular formula is C92H62ClN3O2S2. The molecule has 4 aromatic heterocycles. The molecule has 20 aromatic rings. The summed E-state index contributed by atoms with van der Waals surface area (Å²) >= 11 is 9.95. The van der Waals surface area contributed by atoms with Crippen LogP contribution in [-0.2, 0) is 6.42 Å². The number of benzene rings is 16. The molecule has 0 radical (unpaired) electrons. The lowest BCUT2D eigenvalue weighted by Gasteiger charge is -2.26. The zero-order valence-electron chi connectivity index (χ0n) is 53.4. The molecule has 0 aliphatic carbocycles. The van der Waals surface area contributed by atoms with Crippen LogP contribution in [0.25, 0.3) is 151 Å². The quantitative estimate of drug-likeness (QED) is 0.135. The van der Waals surface area contributed by atoms with E-state index in [1.165, 1.54) is 73.7 Å². The summed E-state index contributed by atoms with van der Waals surface area (Å²) in [6, 6.07) is 120. The molecule has 0 saturated carbocycles. The highest BCUT2D eigenvalue weighted by Gasteiger charge is 2.20. The largest absolute Gasteiger partial charge is 0.435 e. The Kier molecular flexibility index (Phi) is 16.3. The Balaban J connectivity index is 0.000000123. The molecule has 0 fully saturated rings. The van der Waals surface area contributed by atoms with Crippen molar-refractivity contribution in [3.05, 3.63) is 356 Å². The van der Waals surface area contributed by atoms with Gasteiger partial charge in [0, 0.05) is 84.3 Å². The monoisotopic (exact) mass is 1340 g/mol. The topological polar surface area (TPSA) is 55.3 Å². The predicted molar refractivity (Wildman–Crippen MR) is 428 cm³/mol. The number of oxazole rings is 2. The zero-order chi connectivity index (χ0) is 65.8. The number of thiophene rings is 2. The normalized spacial score (nSPS) is 11.4. The molecule has 0 aliphatic rings. The van der Waals surface area contributed by atoms with E-state index in [0.29, 0.717) is 11.8 Å². The lowest BCUT2D eigenvalue weighted by molar-refractivity contribution is 0.623. The third-order valence-corrected chi connectivity index (χ3v) is 21.2. The first kappa shape index (κ1) is 61.6. The molecule has 0 saturated heterocycles. The number of rotatable bonds is 9. The van der Waals surface area contributed by atoms with Gasteiger partial charge in [-0.05, 0) is 175 Å². The van der Waals surface area contributed by atoms with E-state index < -0.39 is 0 Å². The van der Waals surface area contributed by atoms with Gasteiger partial charge < -0.3 is 13.7 Å². The minimum atomic E-state index is 0. The van der Waals surface area contributed by atoms with E-state index >= 15 is 0 Å². The molecule has 5 nitrogen and oxygen atoms in total. The van der Waals surface area contributed by atoms with Crippen LogP contribution in [0.15, 0.2) is 349 Å². The van der Waals surface area contributed by atoms with Crippen LogP contribution in [0.3, 0.4) is 0 Å². The molecule has 8 heteroatoms. The Bertz CT molecular complexity index is 6390. The molecule has 0 atom stereocenters. The van der Waals surface area contributed by atoms with E-state index in [-0.39, 0.29) is 7.43 Å². The Hall–Kier alpha value is -12.0. The first-order chi connectivity index (χ1) is 48.9. The van der Waals surface area contributed by atoms with E-state index in [9.17, 15) is 0 Å². The van der Waals surface area contributed by atoms with Crippen molar-refractivity contribution >= 4 is 157 Å². The van der Waals surface area contributed by atoms with Crippen LogP contribution in [0, 0.1) is 0 Å². The average molecular weight is 1340 g/mol. The van der Waals surface area contributed by atoms with E-state index in [1.807, 2.05) is 108 Å². The minimum absolute atomic E-state index is 0. The van der Waals surface area contributed by atoms with Gasteiger partial charge in [0.25, 0.3) is 0 Å². The minimum Gasteiger partial charge on any atom is -0.435 e. The van der Waals surface area contributed by atoms with Crippen molar-refractivity contribution in [3.8, 4) is 45.2 Å². The highest BCUT2D eigenvalue weighted by Crippen LogP contribution is 2.45. The summed E-state index contributed by atoms with van der Waals surface area (Å²) in [5, 5.41) is 14.9. The fourth-order valence-corrected chi connectivity index (χ4v) is 16.3. The summed E-state index contributed by atoms with van der Waals surface area (Å²) < 4.78 is 18.0. The smallest absolute Gasteiger partial charge is 0.227 e. The van der Waals surface area contributed by atoms with Crippen LogP contribution in [-0.4, -0.2) is 9.97 Å². The maximum atomic E-state index is 6.55. The number of hydrogen-bond acceptors (Lipinski definition) is 7. The van der Waals surface area contributed by atoms with E-state index in [4.69, 9.17) is 25.4 Å². The first-order valence-corrected chi connectivity index (χ1v) is 35.1. The van der Waals surface area contributed by atoms with E-state index in [0.717, 1.165) is 105 Å². The third-order valence-electron chi connectivity index (χ3n) is 18.7. The molecule has 0 aliphatic heterocycles. The molecule has 0 unspecified atom stereocenters. The molecule has 100 heavy (non-hydrogen) atoms. The Morgan fingerprint density at radius 2 is 0.670 bits per heavy atom. The fourth-order valence-electron chi connectivity index (χ4n) is 13.8. The Morgan fingerprint density at radius 1 is 0.290 bits per heavy atom. The lowest BCUT2D eigenvalue weighted by atomic mass is 10.00. The highest BCUT2D eigenvalue weighted by atomic mass is 35.5. The zero-order valence-corrected chi connectivity index (χ0v) is 55.8. The summed E-state index contributed by atoms with van der Waals surface area (Å²) in [6.45, 7) is 0. The lowest BCUT2D eigenvalue weighted by Crippen LogP contribution is -2.09. The van der Waals surface area contributed by atoms with Gasteiger partial charge in [0.2, 0.25) is 11.8 Å². The van der Waals surface area contributed by atoms with Crippen LogP contribution in [0.4, 0.5) is 17.1 Å². The molecule has 0 bridgehead atoms. The SMILES string of the molecule is C.Clc1ccc2ccc3ccc4nc(-c5ccccc5)oc4c3c2c1.c1ccc(-c2ccc(Cc3ccc4c(c3)sc3ccccc34)cc2)cc1.c1ccc(-c2ccc(N(c3ccc4c(c3)sc3ccccc34)c3ccc4ccc5ccc6nc(-c7ccccc7)oc6c5c4c3)cc2)cc1. The van der Waals surface area contributed by atoms with Gasteiger partial charge in [0.1, 0.15) is 11.0 Å². The second-order valence-corrected chi connectivity index (χ2v) is 27.5. The van der Waals surface area contributed by atoms with Crippen LogP contribution >= 0.6 is 34.3 Å². The molecule has 0 N–H and O–H groups in total. The number of fused-ring (bicyclic) bond motifs is 16. The van der Waals surface area contributed by atoms with Crippen LogP contribution in [0.5, 0.6) is 0 Å². The number of aromatic nitrogens is 2. The molecular weight excluding hydrogens is 1280 g/mol. The van der Waals surface area contributed by atoms with Gasteiger partial charge in [-0.2, -0.15) is 0 Å². The van der Waals surface area contributed by atoms with Crippen molar-refractivity contribution in [2.45, 2.75) is 13.8 Å². The van der Waals surface area contributed by atoms with Crippen LogP contribution < -0.4 is 4.90 Å². The number of hydrogen-bond donors (Lipinski definition) is 0. The summed E-state index contributed by atoms with van der Waals surface area (Å²) in [6.07, 6.45) is 0.971. The molecule has 476 valence electrons. The van der Waals surface area contributed by atoms with Crippen molar-refractivity contribution < 1.29 is 8.83 Å². The summed E-state index contributed by atoms with van der Waals surface area (Å²) in [7, 11) is 0. The van der Waals surface area contributed by atoms with Gasteiger partial charge >= 0.3 is 0 Å². The average Bonchev–Trinajstić information content (AvgIpc) is 1.64.